The third-order valence-electron chi connectivity index (χ3n) is 3.34. The molecule has 2 nitrogen and oxygen atoms in total. The zero-order valence-electron chi connectivity index (χ0n) is 10.5. The van der Waals surface area contributed by atoms with Crippen molar-refractivity contribution in [1.82, 2.24) is 5.32 Å². The van der Waals surface area contributed by atoms with Gasteiger partial charge in [0.15, 0.2) is 0 Å². The van der Waals surface area contributed by atoms with Crippen molar-refractivity contribution >= 4 is 22.9 Å². The number of rotatable bonds is 5. The molecular weight excluding hydrogens is 254 g/mol. The maximum absolute atomic E-state index is 6.04. The van der Waals surface area contributed by atoms with Crippen LogP contribution in [0.2, 0.25) is 4.34 Å². The monoisotopic (exact) mass is 273 g/mol. The Bertz CT molecular complexity index is 360. The Morgan fingerprint density at radius 2 is 2.41 bits per heavy atom. The van der Waals surface area contributed by atoms with Crippen molar-refractivity contribution in [3.63, 3.8) is 0 Å². The molecule has 2 atom stereocenters. The SMILES string of the molecule is CCCNC(c1ccc(Cl)s1)C1(C)CCCO1. The van der Waals surface area contributed by atoms with Gasteiger partial charge in [-0.05, 0) is 44.9 Å². The average Bonchev–Trinajstić information content (AvgIpc) is 2.89. The van der Waals surface area contributed by atoms with Crippen LogP contribution in [0, 0.1) is 0 Å². The molecule has 1 N–H and O–H groups in total. The highest BCUT2D eigenvalue weighted by Gasteiger charge is 2.39. The van der Waals surface area contributed by atoms with Gasteiger partial charge in [0.1, 0.15) is 0 Å². The van der Waals surface area contributed by atoms with Gasteiger partial charge in [-0.15, -0.1) is 11.3 Å². The molecule has 1 aromatic rings. The number of halogens is 1. The van der Waals surface area contributed by atoms with Crippen LogP contribution in [-0.2, 0) is 4.74 Å². The van der Waals surface area contributed by atoms with Crippen LogP contribution >= 0.6 is 22.9 Å². The lowest BCUT2D eigenvalue weighted by atomic mass is 9.92. The molecule has 0 saturated carbocycles. The third-order valence-corrected chi connectivity index (χ3v) is 4.63. The minimum Gasteiger partial charge on any atom is -0.373 e. The third kappa shape index (κ3) is 3.02. The number of hydrogen-bond donors (Lipinski definition) is 1. The van der Waals surface area contributed by atoms with Gasteiger partial charge >= 0.3 is 0 Å². The van der Waals surface area contributed by atoms with E-state index in [2.05, 4.69) is 25.2 Å². The molecule has 0 aliphatic carbocycles. The first kappa shape index (κ1) is 13.3. The number of ether oxygens (including phenoxy) is 1. The summed E-state index contributed by atoms with van der Waals surface area (Å²) in [7, 11) is 0. The lowest BCUT2D eigenvalue weighted by Gasteiger charge is -2.33. The first-order chi connectivity index (χ1) is 8.15. The minimum absolute atomic E-state index is 0.0800. The fourth-order valence-electron chi connectivity index (χ4n) is 2.42. The highest BCUT2D eigenvalue weighted by molar-refractivity contribution is 7.16. The summed E-state index contributed by atoms with van der Waals surface area (Å²) >= 11 is 7.70. The maximum atomic E-state index is 6.04. The molecule has 1 fully saturated rings. The predicted octanol–water partition coefficient (Wildman–Crippen LogP) is 4.01. The highest BCUT2D eigenvalue weighted by atomic mass is 35.5. The van der Waals surface area contributed by atoms with Gasteiger partial charge in [-0.2, -0.15) is 0 Å². The lowest BCUT2D eigenvalue weighted by molar-refractivity contribution is -0.0115. The first-order valence-electron chi connectivity index (χ1n) is 6.28. The summed E-state index contributed by atoms with van der Waals surface area (Å²) in [4.78, 5) is 1.29. The van der Waals surface area contributed by atoms with Crippen LogP contribution in [0.25, 0.3) is 0 Å². The molecule has 0 amide bonds. The Morgan fingerprint density at radius 3 is 2.94 bits per heavy atom. The van der Waals surface area contributed by atoms with Crippen LogP contribution < -0.4 is 5.32 Å². The molecule has 0 radical (unpaired) electrons. The summed E-state index contributed by atoms with van der Waals surface area (Å²) in [5, 5.41) is 3.61. The lowest BCUT2D eigenvalue weighted by Crippen LogP contribution is -2.41. The van der Waals surface area contributed by atoms with Crippen molar-refractivity contribution in [2.45, 2.75) is 44.8 Å². The summed E-state index contributed by atoms with van der Waals surface area (Å²) in [6.07, 6.45) is 3.40. The van der Waals surface area contributed by atoms with Crippen molar-refractivity contribution in [3.05, 3.63) is 21.3 Å². The summed E-state index contributed by atoms with van der Waals surface area (Å²) in [6, 6.07) is 4.36. The molecule has 2 rings (SSSR count). The second-order valence-corrected chi connectivity index (χ2v) is 6.54. The quantitative estimate of drug-likeness (QED) is 0.875. The fraction of sp³-hybridized carbons (Fsp3) is 0.692. The van der Waals surface area contributed by atoms with E-state index in [0.29, 0.717) is 0 Å². The molecule has 2 unspecified atom stereocenters. The van der Waals surface area contributed by atoms with E-state index in [1.807, 2.05) is 6.07 Å². The van der Waals surface area contributed by atoms with Crippen molar-refractivity contribution < 1.29 is 4.74 Å². The second kappa shape index (κ2) is 5.70. The van der Waals surface area contributed by atoms with Crippen LogP contribution in [0.3, 0.4) is 0 Å². The Labute approximate surface area is 112 Å². The molecule has 4 heteroatoms. The fourth-order valence-corrected chi connectivity index (χ4v) is 3.70. The molecule has 1 aliphatic rings. The van der Waals surface area contributed by atoms with E-state index in [9.17, 15) is 0 Å². The van der Waals surface area contributed by atoms with Crippen LogP contribution in [-0.4, -0.2) is 18.8 Å². The van der Waals surface area contributed by atoms with Crippen molar-refractivity contribution in [1.29, 1.82) is 0 Å². The Kier molecular flexibility index (Phi) is 4.47. The van der Waals surface area contributed by atoms with Gasteiger partial charge in [0.2, 0.25) is 0 Å². The molecule has 1 saturated heterocycles. The van der Waals surface area contributed by atoms with Gasteiger partial charge in [-0.25, -0.2) is 0 Å². The standard InChI is InChI=1S/C13H20ClNOS/c1-3-8-15-12(10-5-6-11(14)17-10)13(2)7-4-9-16-13/h5-6,12,15H,3-4,7-9H2,1-2H3. The Hall–Kier alpha value is -0.0900. The molecule has 2 heterocycles. The molecule has 0 spiro atoms. The van der Waals surface area contributed by atoms with Gasteiger partial charge in [0, 0.05) is 11.5 Å². The van der Waals surface area contributed by atoms with Crippen LogP contribution in [0.5, 0.6) is 0 Å². The van der Waals surface area contributed by atoms with Gasteiger partial charge in [0.25, 0.3) is 0 Å². The second-order valence-electron chi connectivity index (χ2n) is 4.79. The number of hydrogen-bond acceptors (Lipinski definition) is 3. The minimum atomic E-state index is -0.0800. The molecule has 1 aliphatic heterocycles. The van der Waals surface area contributed by atoms with Crippen molar-refractivity contribution in [2.75, 3.05) is 13.2 Å². The molecule has 17 heavy (non-hydrogen) atoms. The Balaban J connectivity index is 2.18. The predicted molar refractivity (Wildman–Crippen MR) is 74.0 cm³/mol. The van der Waals surface area contributed by atoms with E-state index in [1.54, 1.807) is 11.3 Å². The summed E-state index contributed by atoms with van der Waals surface area (Å²) in [5.74, 6) is 0. The molecular formula is C13H20ClNOS. The maximum Gasteiger partial charge on any atom is 0.0931 e. The topological polar surface area (TPSA) is 21.3 Å². The largest absolute Gasteiger partial charge is 0.373 e. The summed E-state index contributed by atoms with van der Waals surface area (Å²) < 4.78 is 6.82. The average molecular weight is 274 g/mol. The number of nitrogens with one attached hydrogen (secondary N) is 1. The first-order valence-corrected chi connectivity index (χ1v) is 7.48. The van der Waals surface area contributed by atoms with E-state index in [4.69, 9.17) is 16.3 Å². The van der Waals surface area contributed by atoms with Crippen molar-refractivity contribution in [3.8, 4) is 0 Å². The molecule has 0 bridgehead atoms. The van der Waals surface area contributed by atoms with E-state index < -0.39 is 0 Å². The highest BCUT2D eigenvalue weighted by Crippen LogP contribution is 2.40. The van der Waals surface area contributed by atoms with Gasteiger partial charge in [-0.3, -0.25) is 0 Å². The van der Waals surface area contributed by atoms with E-state index in [0.717, 1.165) is 36.8 Å². The van der Waals surface area contributed by atoms with Gasteiger partial charge in [0.05, 0.1) is 16.0 Å². The normalized spacial score (nSPS) is 26.3. The van der Waals surface area contributed by atoms with Crippen LogP contribution in [0.15, 0.2) is 12.1 Å². The zero-order valence-corrected chi connectivity index (χ0v) is 12.0. The zero-order chi connectivity index (χ0) is 12.3. The number of thiophene rings is 1. The Morgan fingerprint density at radius 1 is 1.59 bits per heavy atom. The van der Waals surface area contributed by atoms with Crippen LogP contribution in [0.4, 0.5) is 0 Å². The smallest absolute Gasteiger partial charge is 0.0931 e. The van der Waals surface area contributed by atoms with Gasteiger partial charge < -0.3 is 10.1 Å². The summed E-state index contributed by atoms with van der Waals surface area (Å²) in [6.45, 7) is 6.28. The van der Waals surface area contributed by atoms with E-state index in [1.165, 1.54) is 4.88 Å². The summed E-state index contributed by atoms with van der Waals surface area (Å²) in [5.41, 5.74) is -0.0800. The molecule has 0 aromatic carbocycles. The van der Waals surface area contributed by atoms with Gasteiger partial charge in [-0.1, -0.05) is 18.5 Å². The van der Waals surface area contributed by atoms with Crippen LogP contribution in [0.1, 0.15) is 44.0 Å². The van der Waals surface area contributed by atoms with Crippen molar-refractivity contribution in [2.24, 2.45) is 0 Å². The van der Waals surface area contributed by atoms with E-state index in [-0.39, 0.29) is 11.6 Å². The van der Waals surface area contributed by atoms with E-state index >= 15 is 0 Å². The molecule has 96 valence electrons. The molecule has 1 aromatic heterocycles.